The molecule has 0 unspecified atom stereocenters. The summed E-state index contributed by atoms with van der Waals surface area (Å²) in [5.74, 6) is 0. The molecule has 8 heavy (non-hydrogen) atoms. The lowest BCUT2D eigenvalue weighted by molar-refractivity contribution is -0.247. The maximum Gasteiger partial charge on any atom is 0.297 e. The number of hydrogen-bond donors (Lipinski definition) is 2. The predicted octanol–water partition coefficient (Wildman–Crippen LogP) is -2.88. The molecule has 48 valence electrons. The maximum atomic E-state index is 9.69. The molecule has 0 rings (SSSR count). The zero-order valence-corrected chi connectivity index (χ0v) is 4.44. The maximum absolute atomic E-state index is 9.69. The predicted molar refractivity (Wildman–Crippen MR) is 21.6 cm³/mol. The van der Waals surface area contributed by atoms with Crippen molar-refractivity contribution in [2.24, 2.45) is 5.14 Å². The standard InChI is InChI=1S/CH4N2O4S/c2-8(6,7)3-1(4)5/h3H,(H,4,5)(H2,2,6,7)/p-1. The van der Waals surface area contributed by atoms with Crippen molar-refractivity contribution in [2.45, 2.75) is 0 Å². The van der Waals surface area contributed by atoms with Crippen LogP contribution in [0.3, 0.4) is 0 Å². The molecule has 0 aromatic rings. The van der Waals surface area contributed by atoms with E-state index < -0.39 is 16.3 Å². The van der Waals surface area contributed by atoms with Crippen molar-refractivity contribution in [3.63, 3.8) is 0 Å². The van der Waals surface area contributed by atoms with Gasteiger partial charge < -0.3 is 9.90 Å². The monoisotopic (exact) mass is 139 g/mol. The molecule has 0 bridgehead atoms. The van der Waals surface area contributed by atoms with Gasteiger partial charge in [0.2, 0.25) is 0 Å². The average molecular weight is 139 g/mol. The fourth-order valence-electron chi connectivity index (χ4n) is 0.116. The topological polar surface area (TPSA) is 112 Å². The molecule has 7 heteroatoms. The number of rotatable bonds is 1. The van der Waals surface area contributed by atoms with E-state index in [0.717, 1.165) is 4.72 Å². The Kier molecular flexibility index (Phi) is 1.77. The van der Waals surface area contributed by atoms with Crippen molar-refractivity contribution >= 4 is 16.3 Å². The van der Waals surface area contributed by atoms with Gasteiger partial charge in [0.05, 0.1) is 0 Å². The first-order chi connectivity index (χ1) is 3.42. The van der Waals surface area contributed by atoms with Gasteiger partial charge in [0.1, 0.15) is 6.09 Å². The van der Waals surface area contributed by atoms with Gasteiger partial charge in [-0.3, -0.25) is 4.72 Å². The van der Waals surface area contributed by atoms with E-state index in [1.54, 1.807) is 0 Å². The Morgan fingerprint density at radius 3 is 2.00 bits per heavy atom. The van der Waals surface area contributed by atoms with Crippen LogP contribution in [-0.4, -0.2) is 14.5 Å². The second-order valence-electron chi connectivity index (χ2n) is 0.935. The van der Waals surface area contributed by atoms with Crippen LogP contribution in [0.25, 0.3) is 0 Å². The lowest BCUT2D eigenvalue weighted by atomic mass is 11.3. The summed E-state index contributed by atoms with van der Waals surface area (Å²) in [6.07, 6.45) is -1.94. The lowest BCUT2D eigenvalue weighted by Gasteiger charge is -1.99. The zero-order valence-electron chi connectivity index (χ0n) is 3.62. The van der Waals surface area contributed by atoms with Crippen molar-refractivity contribution < 1.29 is 18.3 Å². The highest BCUT2D eigenvalue weighted by atomic mass is 32.2. The summed E-state index contributed by atoms with van der Waals surface area (Å²) in [6, 6.07) is 0. The molecule has 0 atom stereocenters. The highest BCUT2D eigenvalue weighted by molar-refractivity contribution is 7.87. The summed E-state index contributed by atoms with van der Waals surface area (Å²) in [4.78, 5) is 9.33. The summed E-state index contributed by atoms with van der Waals surface area (Å²) >= 11 is 0. The number of carbonyl (C=O) groups is 1. The first-order valence-electron chi connectivity index (χ1n) is 1.43. The van der Waals surface area contributed by atoms with Crippen LogP contribution in [0.2, 0.25) is 0 Å². The van der Waals surface area contributed by atoms with Crippen molar-refractivity contribution in [3.05, 3.63) is 0 Å². The normalized spacial score (nSPS) is 10.6. The highest BCUT2D eigenvalue weighted by Crippen LogP contribution is 1.61. The van der Waals surface area contributed by atoms with Crippen molar-refractivity contribution in [1.82, 2.24) is 4.72 Å². The molecule has 0 saturated heterocycles. The Labute approximate surface area is 45.5 Å². The number of hydrogen-bond acceptors (Lipinski definition) is 4. The van der Waals surface area contributed by atoms with Gasteiger partial charge in [0.25, 0.3) is 10.2 Å². The molecule has 6 nitrogen and oxygen atoms in total. The Morgan fingerprint density at radius 2 is 2.00 bits per heavy atom. The molecule has 3 N–H and O–H groups in total. The molecule has 1 amide bonds. The Bertz CT molecular complexity index is 180. The zero-order chi connectivity index (χ0) is 6.78. The molecule has 0 aromatic heterocycles. The summed E-state index contributed by atoms with van der Waals surface area (Å²) in [7, 11) is -4.14. The molecule has 0 aliphatic rings. The Hall–Kier alpha value is -0.820. The van der Waals surface area contributed by atoms with Gasteiger partial charge in [-0.05, 0) is 0 Å². The number of carbonyl (C=O) groups excluding carboxylic acids is 1. The Morgan fingerprint density at radius 1 is 1.62 bits per heavy atom. The number of nitrogens with two attached hydrogens (primary N) is 1. The lowest BCUT2D eigenvalue weighted by Crippen LogP contribution is -2.43. The van der Waals surface area contributed by atoms with E-state index in [-0.39, 0.29) is 0 Å². The molecule has 0 radical (unpaired) electrons. The van der Waals surface area contributed by atoms with Gasteiger partial charge in [-0.25, -0.2) is 5.14 Å². The summed E-state index contributed by atoms with van der Waals surface area (Å²) in [5, 5.41) is 13.5. The third-order valence-electron chi connectivity index (χ3n) is 0.226. The molecular weight excluding hydrogens is 136 g/mol. The van der Waals surface area contributed by atoms with Crippen LogP contribution in [0.5, 0.6) is 0 Å². The van der Waals surface area contributed by atoms with Crippen molar-refractivity contribution in [3.8, 4) is 0 Å². The molecule has 0 fully saturated rings. The van der Waals surface area contributed by atoms with E-state index in [1.807, 2.05) is 0 Å². The third-order valence-corrected chi connectivity index (χ3v) is 0.677. The van der Waals surface area contributed by atoms with E-state index in [4.69, 9.17) is 0 Å². The van der Waals surface area contributed by atoms with Crippen molar-refractivity contribution in [2.75, 3.05) is 0 Å². The molecule has 0 aromatic carbocycles. The molecular formula is CH3N2O4S-. The fraction of sp³-hybridized carbons (Fsp3) is 0. The second kappa shape index (κ2) is 1.97. The molecule has 0 heterocycles. The largest absolute Gasteiger partial charge is 0.529 e. The Balaban J connectivity index is 3.95. The van der Waals surface area contributed by atoms with Crippen LogP contribution in [-0.2, 0) is 10.2 Å². The van der Waals surface area contributed by atoms with E-state index in [0.29, 0.717) is 0 Å². The smallest absolute Gasteiger partial charge is 0.297 e. The van der Waals surface area contributed by atoms with Gasteiger partial charge >= 0.3 is 0 Å². The van der Waals surface area contributed by atoms with Crippen LogP contribution in [0, 0.1) is 0 Å². The minimum atomic E-state index is -4.14. The SMILES string of the molecule is NS(=O)(=O)NC(=O)[O-]. The first kappa shape index (κ1) is 7.18. The number of nitrogens with one attached hydrogen (secondary N) is 1. The van der Waals surface area contributed by atoms with Crippen LogP contribution >= 0.6 is 0 Å². The van der Waals surface area contributed by atoms with Crippen molar-refractivity contribution in [1.29, 1.82) is 0 Å². The minimum Gasteiger partial charge on any atom is -0.529 e. The molecule has 0 aliphatic carbocycles. The van der Waals surface area contributed by atoms with Crippen LogP contribution in [0.15, 0.2) is 0 Å². The van der Waals surface area contributed by atoms with E-state index >= 15 is 0 Å². The van der Waals surface area contributed by atoms with Crippen LogP contribution in [0.4, 0.5) is 4.79 Å². The second-order valence-corrected chi connectivity index (χ2v) is 2.23. The molecule has 0 saturated carbocycles. The van der Waals surface area contributed by atoms with Gasteiger partial charge in [-0.15, -0.1) is 0 Å². The summed E-state index contributed by atoms with van der Waals surface area (Å²) in [6.45, 7) is 0. The summed E-state index contributed by atoms with van der Waals surface area (Å²) < 4.78 is 20.3. The minimum absolute atomic E-state index is 0.938. The van der Waals surface area contributed by atoms with Gasteiger partial charge in [-0.2, -0.15) is 8.42 Å². The van der Waals surface area contributed by atoms with Gasteiger partial charge in [-0.1, -0.05) is 0 Å². The third kappa shape index (κ3) is 5.18. The van der Waals surface area contributed by atoms with Crippen LogP contribution < -0.4 is 15.0 Å². The van der Waals surface area contributed by atoms with E-state index in [9.17, 15) is 18.3 Å². The van der Waals surface area contributed by atoms with E-state index in [1.165, 1.54) is 0 Å². The van der Waals surface area contributed by atoms with E-state index in [2.05, 4.69) is 5.14 Å². The number of carboxylic acid groups (broad SMARTS) is 1. The first-order valence-corrected chi connectivity index (χ1v) is 2.98. The average Bonchev–Trinajstić information content (AvgIpc) is 1.21. The molecule has 0 aliphatic heterocycles. The number of amides is 1. The van der Waals surface area contributed by atoms with Crippen LogP contribution in [0.1, 0.15) is 0 Å². The van der Waals surface area contributed by atoms with Gasteiger partial charge in [0.15, 0.2) is 0 Å². The summed E-state index contributed by atoms with van der Waals surface area (Å²) in [5.41, 5.74) is 0. The molecule has 0 spiro atoms. The fourth-order valence-corrected chi connectivity index (χ4v) is 0.348. The quantitative estimate of drug-likeness (QED) is 0.406. The highest BCUT2D eigenvalue weighted by Gasteiger charge is 1.96. The van der Waals surface area contributed by atoms with Gasteiger partial charge in [0, 0.05) is 0 Å².